The fraction of sp³-hybridized carbons (Fsp3) is 0.455. The highest BCUT2D eigenvalue weighted by molar-refractivity contribution is 5.29. The highest BCUT2D eigenvalue weighted by Crippen LogP contribution is 2.16. The lowest BCUT2D eigenvalue weighted by atomic mass is 9.99. The van der Waals surface area contributed by atoms with E-state index >= 15 is 0 Å². The van der Waals surface area contributed by atoms with Crippen LogP contribution in [0.1, 0.15) is 37.4 Å². The molecule has 0 fully saturated rings. The minimum absolute atomic E-state index is 0.160. The second kappa shape index (κ2) is 4.27. The van der Waals surface area contributed by atoms with Crippen molar-refractivity contribution in [3.8, 4) is 0 Å². The molecule has 0 saturated carbocycles. The summed E-state index contributed by atoms with van der Waals surface area (Å²) in [6.45, 7) is 4.23. The molecular formula is C11H17N. The van der Waals surface area contributed by atoms with Crippen LogP contribution in [0.3, 0.4) is 0 Å². The zero-order valence-electron chi connectivity index (χ0n) is 7.88. The second-order valence-corrected chi connectivity index (χ2v) is 3.24. The normalized spacial score (nSPS) is 12.9. The maximum absolute atomic E-state index is 5.84. The Bertz CT molecular complexity index is 241. The van der Waals surface area contributed by atoms with Crippen molar-refractivity contribution < 1.29 is 0 Å². The van der Waals surface area contributed by atoms with Gasteiger partial charge in [-0.2, -0.15) is 0 Å². The molecule has 1 nitrogen and oxygen atoms in total. The fourth-order valence-electron chi connectivity index (χ4n) is 1.48. The summed E-state index contributed by atoms with van der Waals surface area (Å²) in [4.78, 5) is 0. The standard InChI is InChI=1S/C11H17N/c1-3-6-10-7-4-5-8-11(10)9(2)12/h4-5,7-9H,3,6,12H2,1-2H3. The van der Waals surface area contributed by atoms with E-state index in [-0.39, 0.29) is 6.04 Å². The van der Waals surface area contributed by atoms with Crippen molar-refractivity contribution >= 4 is 0 Å². The highest BCUT2D eigenvalue weighted by atomic mass is 14.6. The molecule has 1 unspecified atom stereocenters. The SMILES string of the molecule is CCCc1ccccc1C(C)N. The minimum atomic E-state index is 0.160. The Morgan fingerprint density at radius 3 is 2.58 bits per heavy atom. The van der Waals surface area contributed by atoms with E-state index < -0.39 is 0 Å². The second-order valence-electron chi connectivity index (χ2n) is 3.24. The topological polar surface area (TPSA) is 26.0 Å². The first-order valence-electron chi connectivity index (χ1n) is 4.59. The van der Waals surface area contributed by atoms with Gasteiger partial charge >= 0.3 is 0 Å². The van der Waals surface area contributed by atoms with Crippen molar-refractivity contribution in [1.82, 2.24) is 0 Å². The first-order chi connectivity index (χ1) is 5.75. The van der Waals surface area contributed by atoms with Gasteiger partial charge in [0.25, 0.3) is 0 Å². The summed E-state index contributed by atoms with van der Waals surface area (Å²) in [5.74, 6) is 0. The van der Waals surface area contributed by atoms with E-state index in [1.54, 1.807) is 0 Å². The van der Waals surface area contributed by atoms with Gasteiger partial charge in [0.2, 0.25) is 0 Å². The van der Waals surface area contributed by atoms with Crippen molar-refractivity contribution in [2.75, 3.05) is 0 Å². The predicted octanol–water partition coefficient (Wildman–Crippen LogP) is 2.66. The van der Waals surface area contributed by atoms with Gasteiger partial charge in [0.05, 0.1) is 0 Å². The Morgan fingerprint density at radius 1 is 1.33 bits per heavy atom. The van der Waals surface area contributed by atoms with Gasteiger partial charge in [-0.05, 0) is 24.5 Å². The van der Waals surface area contributed by atoms with Gasteiger partial charge < -0.3 is 5.73 Å². The van der Waals surface area contributed by atoms with Gasteiger partial charge in [-0.1, -0.05) is 37.6 Å². The molecule has 0 bridgehead atoms. The Labute approximate surface area is 74.6 Å². The van der Waals surface area contributed by atoms with E-state index in [1.165, 1.54) is 17.5 Å². The number of aryl methyl sites for hydroxylation is 1. The van der Waals surface area contributed by atoms with Crippen LogP contribution in [0, 0.1) is 0 Å². The van der Waals surface area contributed by atoms with Crippen molar-refractivity contribution in [1.29, 1.82) is 0 Å². The summed E-state index contributed by atoms with van der Waals surface area (Å²) < 4.78 is 0. The smallest absolute Gasteiger partial charge is 0.0268 e. The first-order valence-corrected chi connectivity index (χ1v) is 4.59. The molecule has 0 radical (unpaired) electrons. The fourth-order valence-corrected chi connectivity index (χ4v) is 1.48. The molecule has 66 valence electrons. The van der Waals surface area contributed by atoms with Gasteiger partial charge in [-0.25, -0.2) is 0 Å². The Morgan fingerprint density at radius 2 is 2.00 bits per heavy atom. The zero-order valence-corrected chi connectivity index (χ0v) is 7.88. The lowest BCUT2D eigenvalue weighted by Crippen LogP contribution is -2.07. The quantitative estimate of drug-likeness (QED) is 0.728. The molecule has 0 aliphatic rings. The van der Waals surface area contributed by atoms with Gasteiger partial charge in [0.15, 0.2) is 0 Å². The van der Waals surface area contributed by atoms with E-state index in [9.17, 15) is 0 Å². The number of rotatable bonds is 3. The van der Waals surface area contributed by atoms with E-state index in [2.05, 4.69) is 31.2 Å². The summed E-state index contributed by atoms with van der Waals surface area (Å²) in [7, 11) is 0. The van der Waals surface area contributed by atoms with Crippen molar-refractivity contribution in [2.24, 2.45) is 5.73 Å². The molecule has 0 amide bonds. The van der Waals surface area contributed by atoms with E-state index in [0.29, 0.717) is 0 Å². The molecule has 2 N–H and O–H groups in total. The average Bonchev–Trinajstić information content (AvgIpc) is 2.05. The molecule has 0 spiro atoms. The molecule has 1 aromatic carbocycles. The molecule has 0 aromatic heterocycles. The summed E-state index contributed by atoms with van der Waals surface area (Å²) in [6.07, 6.45) is 2.32. The summed E-state index contributed by atoms with van der Waals surface area (Å²) >= 11 is 0. The molecule has 0 aliphatic heterocycles. The molecule has 1 rings (SSSR count). The van der Waals surface area contributed by atoms with Crippen molar-refractivity contribution in [2.45, 2.75) is 32.7 Å². The number of hydrogen-bond donors (Lipinski definition) is 1. The molecule has 1 heteroatoms. The lowest BCUT2D eigenvalue weighted by Gasteiger charge is -2.11. The number of hydrogen-bond acceptors (Lipinski definition) is 1. The Hall–Kier alpha value is -0.820. The molecule has 0 saturated heterocycles. The summed E-state index contributed by atoms with van der Waals surface area (Å²) in [5, 5.41) is 0. The monoisotopic (exact) mass is 163 g/mol. The third kappa shape index (κ3) is 2.08. The predicted molar refractivity (Wildman–Crippen MR) is 53.0 cm³/mol. The number of benzene rings is 1. The maximum atomic E-state index is 5.84. The van der Waals surface area contributed by atoms with Crippen LogP contribution in [0.15, 0.2) is 24.3 Å². The molecule has 0 aliphatic carbocycles. The summed E-state index contributed by atoms with van der Waals surface area (Å²) in [5.41, 5.74) is 8.53. The van der Waals surface area contributed by atoms with Gasteiger partial charge in [-0.15, -0.1) is 0 Å². The highest BCUT2D eigenvalue weighted by Gasteiger charge is 2.03. The third-order valence-corrected chi connectivity index (χ3v) is 2.06. The van der Waals surface area contributed by atoms with Gasteiger partial charge in [-0.3, -0.25) is 0 Å². The molecule has 1 atom stereocenters. The van der Waals surface area contributed by atoms with Crippen LogP contribution >= 0.6 is 0 Å². The van der Waals surface area contributed by atoms with E-state index in [0.717, 1.165) is 6.42 Å². The average molecular weight is 163 g/mol. The maximum Gasteiger partial charge on any atom is 0.0268 e. The molecular weight excluding hydrogens is 146 g/mol. The van der Waals surface area contributed by atoms with Crippen molar-refractivity contribution in [3.05, 3.63) is 35.4 Å². The van der Waals surface area contributed by atoms with Gasteiger partial charge in [0, 0.05) is 6.04 Å². The minimum Gasteiger partial charge on any atom is -0.324 e. The zero-order chi connectivity index (χ0) is 8.97. The van der Waals surface area contributed by atoms with Crippen LogP contribution in [-0.4, -0.2) is 0 Å². The lowest BCUT2D eigenvalue weighted by molar-refractivity contribution is 0.787. The van der Waals surface area contributed by atoms with Crippen LogP contribution in [0.25, 0.3) is 0 Å². The van der Waals surface area contributed by atoms with Crippen LogP contribution in [0.4, 0.5) is 0 Å². The Balaban J connectivity index is 2.92. The summed E-state index contributed by atoms with van der Waals surface area (Å²) in [6, 6.07) is 8.58. The van der Waals surface area contributed by atoms with Crippen molar-refractivity contribution in [3.63, 3.8) is 0 Å². The Kier molecular flexibility index (Phi) is 3.30. The molecule has 0 heterocycles. The number of nitrogens with two attached hydrogens (primary N) is 1. The largest absolute Gasteiger partial charge is 0.324 e. The molecule has 1 aromatic rings. The van der Waals surface area contributed by atoms with Crippen LogP contribution < -0.4 is 5.73 Å². The third-order valence-electron chi connectivity index (χ3n) is 2.06. The van der Waals surface area contributed by atoms with Crippen LogP contribution in [0.5, 0.6) is 0 Å². The van der Waals surface area contributed by atoms with Crippen LogP contribution in [0.2, 0.25) is 0 Å². The first kappa shape index (κ1) is 9.27. The van der Waals surface area contributed by atoms with E-state index in [4.69, 9.17) is 5.73 Å². The molecule has 12 heavy (non-hydrogen) atoms. The van der Waals surface area contributed by atoms with E-state index in [1.807, 2.05) is 6.92 Å². The van der Waals surface area contributed by atoms with Gasteiger partial charge in [0.1, 0.15) is 0 Å². The van der Waals surface area contributed by atoms with Crippen LogP contribution in [-0.2, 0) is 6.42 Å².